The minimum Gasteiger partial charge on any atom is -0.755 e. The molecule has 0 amide bonds. The third kappa shape index (κ3) is 3.99. The van der Waals surface area contributed by atoms with Crippen LogP contribution in [0.5, 0.6) is 0 Å². The molecule has 156 valence electrons. The van der Waals surface area contributed by atoms with Gasteiger partial charge in [-0.25, -0.2) is 4.39 Å². The molecule has 0 radical (unpaired) electrons. The van der Waals surface area contributed by atoms with Crippen LogP contribution in [0.1, 0.15) is 30.1 Å². The van der Waals surface area contributed by atoms with E-state index >= 15 is 0 Å². The van der Waals surface area contributed by atoms with Crippen LogP contribution in [0.15, 0.2) is 54.7 Å². The molecule has 2 aromatic carbocycles. The number of aliphatic carboxylic acids is 1. The molecule has 0 spiro atoms. The van der Waals surface area contributed by atoms with Gasteiger partial charge in [0.2, 0.25) is 0 Å². The molecule has 0 bridgehead atoms. The molecule has 7 nitrogen and oxygen atoms in total. The zero-order valence-corrected chi connectivity index (χ0v) is 16.7. The van der Waals surface area contributed by atoms with Crippen LogP contribution in [0, 0.1) is 5.82 Å². The first kappa shape index (κ1) is 20.2. The van der Waals surface area contributed by atoms with Gasteiger partial charge in [-0.1, -0.05) is 24.3 Å². The fourth-order valence-corrected chi connectivity index (χ4v) is 4.64. The number of fused-ring (bicyclic) bond motifs is 1. The average Bonchev–Trinajstić information content (AvgIpc) is 3.12. The van der Waals surface area contributed by atoms with E-state index in [0.717, 1.165) is 28.8 Å². The summed E-state index contributed by atoms with van der Waals surface area (Å²) in [5.74, 6) is -1.32. The molecule has 4 rings (SSSR count). The Bertz CT molecular complexity index is 1080. The van der Waals surface area contributed by atoms with Crippen LogP contribution in [-0.2, 0) is 29.0 Å². The smallest absolute Gasteiger partial charge is 0.325 e. The van der Waals surface area contributed by atoms with Gasteiger partial charge in [-0.05, 0) is 54.7 Å². The summed E-state index contributed by atoms with van der Waals surface area (Å²) in [6, 6.07) is 12.6. The summed E-state index contributed by atoms with van der Waals surface area (Å²) in [5, 5.41) is 13.2. The molecular formula is C21H19FN3O4S-. The van der Waals surface area contributed by atoms with E-state index in [9.17, 15) is 17.9 Å². The number of carboxylic acid groups (broad SMARTS) is 1. The van der Waals surface area contributed by atoms with E-state index in [1.807, 2.05) is 0 Å². The first-order chi connectivity index (χ1) is 14.4. The van der Waals surface area contributed by atoms with Crippen molar-refractivity contribution in [2.75, 3.05) is 4.31 Å². The zero-order valence-electron chi connectivity index (χ0n) is 15.9. The van der Waals surface area contributed by atoms with E-state index in [0.29, 0.717) is 18.5 Å². The van der Waals surface area contributed by atoms with Crippen LogP contribution < -0.4 is 4.31 Å². The Labute approximate surface area is 175 Å². The Morgan fingerprint density at radius 2 is 1.83 bits per heavy atom. The number of anilines is 1. The van der Waals surface area contributed by atoms with Crippen molar-refractivity contribution in [2.24, 2.45) is 0 Å². The molecule has 0 saturated heterocycles. The van der Waals surface area contributed by atoms with Gasteiger partial charge in [0.15, 0.2) is 0 Å². The highest BCUT2D eigenvalue weighted by Crippen LogP contribution is 2.38. The highest BCUT2D eigenvalue weighted by molar-refractivity contribution is 7.80. The number of hydrogen-bond acceptors (Lipinski definition) is 4. The van der Waals surface area contributed by atoms with Crippen LogP contribution in [0.3, 0.4) is 0 Å². The van der Waals surface area contributed by atoms with Gasteiger partial charge >= 0.3 is 5.97 Å². The third-order valence-corrected chi connectivity index (χ3v) is 6.05. The van der Waals surface area contributed by atoms with Gasteiger partial charge in [-0.3, -0.25) is 18.0 Å². The van der Waals surface area contributed by atoms with Crippen LogP contribution in [0.2, 0.25) is 0 Å². The molecule has 0 aliphatic heterocycles. The topological polar surface area (TPSA) is 98.5 Å². The lowest BCUT2D eigenvalue weighted by atomic mass is 9.92. The Kier molecular flexibility index (Phi) is 5.65. The molecule has 2 atom stereocenters. The molecule has 1 N–H and O–H groups in total. The first-order valence-corrected chi connectivity index (χ1v) is 10.5. The summed E-state index contributed by atoms with van der Waals surface area (Å²) in [6.07, 6.45) is 3.56. The van der Waals surface area contributed by atoms with Gasteiger partial charge in [-0.15, -0.1) is 0 Å². The molecule has 1 aliphatic rings. The molecule has 2 unspecified atom stereocenters. The van der Waals surface area contributed by atoms with E-state index in [2.05, 4.69) is 5.10 Å². The number of hydrogen-bond donors (Lipinski definition) is 1. The lowest BCUT2D eigenvalue weighted by Gasteiger charge is -2.37. The average molecular weight is 428 g/mol. The minimum atomic E-state index is -2.53. The van der Waals surface area contributed by atoms with Crippen molar-refractivity contribution in [3.63, 3.8) is 0 Å². The second kappa shape index (κ2) is 8.37. The Balaban J connectivity index is 1.66. The number of carbonyl (C=O) groups is 1. The van der Waals surface area contributed by atoms with Crippen molar-refractivity contribution >= 4 is 22.9 Å². The summed E-state index contributed by atoms with van der Waals surface area (Å²) < 4.78 is 40.2. The standard InChI is InChI=1S/C21H20FN3O4S/c22-16-8-4-14(5-9-16)15-6-10-17(11-7-15)25(30(28)29)20-3-1-2-19-18(20)12-23-24(19)13-21(26)27/h4-12,20H,1-3,13H2,(H,26,27)(H,28,29)/p-1. The fraction of sp³-hybridized carbons (Fsp3) is 0.238. The van der Waals surface area contributed by atoms with Gasteiger partial charge in [0.25, 0.3) is 0 Å². The summed E-state index contributed by atoms with van der Waals surface area (Å²) in [7, 11) is 0. The predicted octanol–water partition coefficient (Wildman–Crippen LogP) is 3.45. The Morgan fingerprint density at radius 1 is 1.20 bits per heavy atom. The molecule has 30 heavy (non-hydrogen) atoms. The SMILES string of the molecule is O=C(O)Cn1ncc2c1CCCC2N(c1ccc(-c2ccc(F)cc2)cc1)S(=O)[O-]. The van der Waals surface area contributed by atoms with Crippen molar-refractivity contribution < 1.29 is 23.1 Å². The number of carboxylic acids is 1. The number of benzene rings is 2. The molecule has 9 heteroatoms. The first-order valence-electron chi connectivity index (χ1n) is 9.45. The molecule has 3 aromatic rings. The summed E-state index contributed by atoms with van der Waals surface area (Å²) >= 11 is -2.53. The molecule has 0 fully saturated rings. The van der Waals surface area contributed by atoms with Gasteiger partial charge in [0.05, 0.1) is 12.2 Å². The van der Waals surface area contributed by atoms with Gasteiger partial charge in [-0.2, -0.15) is 5.10 Å². The summed E-state index contributed by atoms with van der Waals surface area (Å²) in [6.45, 7) is -0.255. The molecule has 1 aliphatic carbocycles. The monoisotopic (exact) mass is 428 g/mol. The summed E-state index contributed by atoms with van der Waals surface area (Å²) in [4.78, 5) is 11.1. The maximum atomic E-state index is 13.1. The zero-order chi connectivity index (χ0) is 21.3. The molecule has 0 saturated carbocycles. The van der Waals surface area contributed by atoms with E-state index in [1.165, 1.54) is 21.1 Å². The van der Waals surface area contributed by atoms with E-state index in [1.54, 1.807) is 42.6 Å². The van der Waals surface area contributed by atoms with Gasteiger partial charge in [0, 0.05) is 28.2 Å². The van der Waals surface area contributed by atoms with Crippen molar-refractivity contribution in [3.05, 3.63) is 71.8 Å². The lowest BCUT2D eigenvalue weighted by molar-refractivity contribution is -0.137. The maximum absolute atomic E-state index is 13.1. The number of nitrogens with zero attached hydrogens (tertiary/aromatic N) is 3. The van der Waals surface area contributed by atoms with Crippen LogP contribution in [0.25, 0.3) is 11.1 Å². The Hall–Kier alpha value is -3.04. The third-order valence-electron chi connectivity index (χ3n) is 5.26. The quantitative estimate of drug-likeness (QED) is 0.607. The fourth-order valence-electron chi connectivity index (χ4n) is 3.92. The van der Waals surface area contributed by atoms with E-state index in [-0.39, 0.29) is 12.4 Å². The van der Waals surface area contributed by atoms with Crippen LogP contribution in [0.4, 0.5) is 10.1 Å². The molecular weight excluding hydrogens is 409 g/mol. The highest BCUT2D eigenvalue weighted by atomic mass is 32.2. The van der Waals surface area contributed by atoms with Crippen molar-refractivity contribution in [3.8, 4) is 11.1 Å². The van der Waals surface area contributed by atoms with Gasteiger partial charge < -0.3 is 9.66 Å². The summed E-state index contributed by atoms with van der Waals surface area (Å²) in [5.41, 5.74) is 3.65. The number of rotatable bonds is 6. The normalized spacial score (nSPS) is 16.7. The second-order valence-corrected chi connectivity index (χ2v) is 7.93. The van der Waals surface area contributed by atoms with E-state index in [4.69, 9.17) is 5.11 Å². The van der Waals surface area contributed by atoms with Crippen molar-refractivity contribution in [1.82, 2.24) is 9.78 Å². The highest BCUT2D eigenvalue weighted by Gasteiger charge is 2.30. The van der Waals surface area contributed by atoms with Crippen LogP contribution in [-0.4, -0.2) is 29.6 Å². The minimum absolute atomic E-state index is 0.255. The van der Waals surface area contributed by atoms with Crippen molar-refractivity contribution in [2.45, 2.75) is 31.8 Å². The number of halogens is 1. The largest absolute Gasteiger partial charge is 0.755 e. The number of aromatic nitrogens is 2. The molecule has 1 aromatic heterocycles. The van der Waals surface area contributed by atoms with Gasteiger partial charge in [0.1, 0.15) is 12.4 Å². The Morgan fingerprint density at radius 3 is 2.43 bits per heavy atom. The maximum Gasteiger partial charge on any atom is 0.325 e. The van der Waals surface area contributed by atoms with Crippen molar-refractivity contribution in [1.29, 1.82) is 0 Å². The lowest BCUT2D eigenvalue weighted by Crippen LogP contribution is -2.33. The van der Waals surface area contributed by atoms with E-state index < -0.39 is 23.3 Å². The predicted molar refractivity (Wildman–Crippen MR) is 109 cm³/mol. The second-order valence-electron chi connectivity index (χ2n) is 7.10. The van der Waals surface area contributed by atoms with Crippen LogP contribution >= 0.6 is 0 Å². The molecule has 1 heterocycles.